The number of aliphatic imine (C=N–C) groups is 1. The molecule has 0 saturated carbocycles. The van der Waals surface area contributed by atoms with Gasteiger partial charge in [0.25, 0.3) is 0 Å². The number of hydrogen-bond donors (Lipinski definition) is 0. The first-order chi connectivity index (χ1) is 8.29. The van der Waals surface area contributed by atoms with Crippen molar-refractivity contribution in [2.45, 2.75) is 60.8 Å². The fourth-order valence-corrected chi connectivity index (χ4v) is 1.34. The summed E-state index contributed by atoms with van der Waals surface area (Å²) in [6.45, 7) is 12.4. The lowest BCUT2D eigenvalue weighted by Gasteiger charge is -2.06. The summed E-state index contributed by atoms with van der Waals surface area (Å²) in [5.74, 6) is 0. The third kappa shape index (κ3) is 9.80. The maximum absolute atomic E-state index is 4.49. The van der Waals surface area contributed by atoms with E-state index in [9.17, 15) is 0 Å². The lowest BCUT2D eigenvalue weighted by atomic mass is 10.0. The van der Waals surface area contributed by atoms with E-state index in [-0.39, 0.29) is 0 Å². The Labute approximate surface area is 108 Å². The Morgan fingerprint density at radius 2 is 1.71 bits per heavy atom. The average Bonchev–Trinajstić information content (AvgIpc) is 2.39. The van der Waals surface area contributed by atoms with Crippen LogP contribution in [0.3, 0.4) is 0 Å². The molecule has 0 atom stereocenters. The second-order valence-corrected chi connectivity index (χ2v) is 3.38. The van der Waals surface area contributed by atoms with Crippen molar-refractivity contribution >= 4 is 5.71 Å². The molecule has 1 heteroatoms. The van der Waals surface area contributed by atoms with Gasteiger partial charge in [0, 0.05) is 11.9 Å². The van der Waals surface area contributed by atoms with Gasteiger partial charge >= 0.3 is 0 Å². The van der Waals surface area contributed by atoms with Crippen molar-refractivity contribution in [1.29, 1.82) is 0 Å². The fourth-order valence-electron chi connectivity index (χ4n) is 1.34. The van der Waals surface area contributed by atoms with Crippen molar-refractivity contribution < 1.29 is 0 Å². The average molecular weight is 235 g/mol. The Kier molecular flexibility index (Phi) is 16.0. The summed E-state index contributed by atoms with van der Waals surface area (Å²) in [5.41, 5.74) is 2.56. The van der Waals surface area contributed by atoms with E-state index in [1.807, 2.05) is 40.0 Å². The summed E-state index contributed by atoms with van der Waals surface area (Å²) in [7, 11) is 0. The highest BCUT2D eigenvalue weighted by atomic mass is 14.7. The zero-order valence-electron chi connectivity index (χ0n) is 12.5. The van der Waals surface area contributed by atoms with Gasteiger partial charge in [-0.25, -0.2) is 0 Å². The van der Waals surface area contributed by atoms with Gasteiger partial charge in [-0.3, -0.25) is 4.99 Å². The predicted octanol–water partition coefficient (Wildman–Crippen LogP) is 5.70. The van der Waals surface area contributed by atoms with Crippen LogP contribution in [0.2, 0.25) is 0 Å². The summed E-state index contributed by atoms with van der Waals surface area (Å²) in [6.07, 6.45) is 13.4. The summed E-state index contributed by atoms with van der Waals surface area (Å²) in [6, 6.07) is 0. The van der Waals surface area contributed by atoms with Gasteiger partial charge in [0.1, 0.15) is 0 Å². The van der Waals surface area contributed by atoms with Crippen molar-refractivity contribution in [2.75, 3.05) is 0 Å². The zero-order valence-corrected chi connectivity index (χ0v) is 12.5. The lowest BCUT2D eigenvalue weighted by Crippen LogP contribution is -2.01. The molecule has 0 aromatic carbocycles. The van der Waals surface area contributed by atoms with Crippen LogP contribution < -0.4 is 0 Å². The second kappa shape index (κ2) is 14.9. The van der Waals surface area contributed by atoms with E-state index in [4.69, 9.17) is 0 Å². The normalized spacial score (nSPS) is 13.1. The minimum atomic E-state index is 1.04. The van der Waals surface area contributed by atoms with E-state index >= 15 is 0 Å². The maximum Gasteiger partial charge on any atom is 0.0435 e. The van der Waals surface area contributed by atoms with Crippen molar-refractivity contribution in [3.8, 4) is 0 Å². The van der Waals surface area contributed by atoms with Crippen LogP contribution >= 0.6 is 0 Å². The van der Waals surface area contributed by atoms with Gasteiger partial charge in [-0.1, -0.05) is 58.4 Å². The lowest BCUT2D eigenvalue weighted by molar-refractivity contribution is 0.978. The van der Waals surface area contributed by atoms with Gasteiger partial charge < -0.3 is 0 Å². The number of rotatable bonds is 6. The highest BCUT2D eigenvalue weighted by Crippen LogP contribution is 2.10. The van der Waals surface area contributed by atoms with E-state index in [1.54, 1.807) is 0 Å². The molecule has 0 spiro atoms. The van der Waals surface area contributed by atoms with Gasteiger partial charge in [-0.15, -0.1) is 0 Å². The van der Waals surface area contributed by atoms with E-state index in [1.165, 1.54) is 11.3 Å². The van der Waals surface area contributed by atoms with Crippen LogP contribution in [0.5, 0.6) is 0 Å². The smallest absolute Gasteiger partial charge is 0.0435 e. The molecule has 0 unspecified atom stereocenters. The van der Waals surface area contributed by atoms with Crippen LogP contribution in [0.1, 0.15) is 60.8 Å². The van der Waals surface area contributed by atoms with Gasteiger partial charge in [0.2, 0.25) is 0 Å². The summed E-state index contributed by atoms with van der Waals surface area (Å²) < 4.78 is 0. The molecule has 0 aliphatic carbocycles. The van der Waals surface area contributed by atoms with Crippen molar-refractivity contribution in [3.05, 3.63) is 36.1 Å². The van der Waals surface area contributed by atoms with Crippen molar-refractivity contribution in [2.24, 2.45) is 4.99 Å². The van der Waals surface area contributed by atoms with Crippen LogP contribution in [0.15, 0.2) is 41.1 Å². The summed E-state index contributed by atoms with van der Waals surface area (Å²) in [5, 5.41) is 0. The molecule has 17 heavy (non-hydrogen) atoms. The predicted molar refractivity (Wildman–Crippen MR) is 81.7 cm³/mol. The van der Waals surface area contributed by atoms with Gasteiger partial charge in [0.05, 0.1) is 0 Å². The Morgan fingerprint density at radius 3 is 2.12 bits per heavy atom. The standard InChI is InChI=1S/C14H23N.C2H6/c1-5-9-11-13(8-4)14(10-6-2)15-12-7-3;1-2/h5,7,9,11-12H,6,8,10H2,1-4H3;1-2H3/b9-5-,12-7-,13-11-,15-14-;. The Hall–Kier alpha value is -1.11. The number of nitrogens with zero attached hydrogens (tertiary/aromatic N) is 1. The highest BCUT2D eigenvalue weighted by Gasteiger charge is 2.02. The molecule has 0 amide bonds. The molecule has 0 bridgehead atoms. The Bertz CT molecular complexity index is 267. The topological polar surface area (TPSA) is 12.4 Å². The van der Waals surface area contributed by atoms with E-state index < -0.39 is 0 Å². The molecule has 0 aromatic heterocycles. The second-order valence-electron chi connectivity index (χ2n) is 3.38. The first kappa shape index (κ1) is 18.3. The van der Waals surface area contributed by atoms with Crippen molar-refractivity contribution in [3.63, 3.8) is 0 Å². The molecule has 0 fully saturated rings. The molecule has 98 valence electrons. The first-order valence-electron chi connectivity index (χ1n) is 6.80. The van der Waals surface area contributed by atoms with E-state index in [2.05, 4.69) is 37.1 Å². The zero-order chi connectivity index (χ0) is 13.5. The Balaban J connectivity index is 0. The third-order valence-electron chi connectivity index (χ3n) is 2.11. The maximum atomic E-state index is 4.49. The minimum absolute atomic E-state index is 1.04. The fraction of sp³-hybridized carbons (Fsp3) is 0.562. The molecule has 0 rings (SSSR count). The van der Waals surface area contributed by atoms with Crippen molar-refractivity contribution in [1.82, 2.24) is 0 Å². The molecule has 0 aliphatic rings. The molecule has 0 heterocycles. The number of hydrogen-bond acceptors (Lipinski definition) is 1. The van der Waals surface area contributed by atoms with Crippen LogP contribution in [0, 0.1) is 0 Å². The minimum Gasteiger partial charge on any atom is -0.261 e. The van der Waals surface area contributed by atoms with Gasteiger partial charge in [-0.2, -0.15) is 0 Å². The highest BCUT2D eigenvalue weighted by molar-refractivity contribution is 6.00. The van der Waals surface area contributed by atoms with Crippen LogP contribution in [0.25, 0.3) is 0 Å². The van der Waals surface area contributed by atoms with Crippen LogP contribution in [-0.2, 0) is 0 Å². The van der Waals surface area contributed by atoms with Gasteiger partial charge in [0.15, 0.2) is 0 Å². The molecule has 0 radical (unpaired) electrons. The van der Waals surface area contributed by atoms with E-state index in [0.29, 0.717) is 0 Å². The third-order valence-corrected chi connectivity index (χ3v) is 2.11. The SMILES string of the molecule is CC.C\C=C/C=C(CC)\C(CCC)=N/C=C\C. The molecular formula is C16H29N. The molecular weight excluding hydrogens is 206 g/mol. The number of allylic oxidation sites excluding steroid dienone is 5. The molecule has 0 aliphatic heterocycles. The first-order valence-corrected chi connectivity index (χ1v) is 6.80. The molecule has 1 nitrogen and oxygen atoms in total. The quantitative estimate of drug-likeness (QED) is 0.413. The molecule has 0 N–H and O–H groups in total. The monoisotopic (exact) mass is 235 g/mol. The van der Waals surface area contributed by atoms with Gasteiger partial charge in [-0.05, 0) is 32.3 Å². The molecule has 0 aromatic rings. The summed E-state index contributed by atoms with van der Waals surface area (Å²) in [4.78, 5) is 4.49. The van der Waals surface area contributed by atoms with Crippen LogP contribution in [0.4, 0.5) is 0 Å². The largest absolute Gasteiger partial charge is 0.261 e. The summed E-state index contributed by atoms with van der Waals surface area (Å²) >= 11 is 0. The van der Waals surface area contributed by atoms with E-state index in [0.717, 1.165) is 19.3 Å². The van der Waals surface area contributed by atoms with Crippen LogP contribution in [-0.4, -0.2) is 5.71 Å². The molecule has 0 saturated heterocycles. The Morgan fingerprint density at radius 1 is 1.06 bits per heavy atom.